The molecule has 2 aromatic rings. The van der Waals surface area contributed by atoms with Crippen LogP contribution in [0.2, 0.25) is 0 Å². The Balaban J connectivity index is 1.23. The van der Waals surface area contributed by atoms with E-state index < -0.39 is 38.1 Å². The maximum absolute atomic E-state index is 12.6. The Morgan fingerprint density at radius 2 is 1.60 bits per heavy atom. The molecule has 3 rings (SSSR count). The first kappa shape index (κ1) is 37.3. The summed E-state index contributed by atoms with van der Waals surface area (Å²) in [4.78, 5) is 14.2. The van der Waals surface area contributed by atoms with E-state index in [0.29, 0.717) is 25.3 Å². The number of nitrogens with two attached hydrogens (primary N) is 1. The molecular formula is C31H52N5O8P. The minimum atomic E-state index is -3.97. The molecular weight excluding hydrogens is 601 g/mol. The van der Waals surface area contributed by atoms with Gasteiger partial charge < -0.3 is 39.6 Å². The van der Waals surface area contributed by atoms with Crippen molar-refractivity contribution < 1.29 is 38.4 Å². The Morgan fingerprint density at radius 1 is 1.00 bits per heavy atom. The first-order valence-electron chi connectivity index (χ1n) is 16.4. The molecule has 254 valence electrons. The molecule has 0 spiro atoms. The van der Waals surface area contributed by atoms with Gasteiger partial charge in [-0.2, -0.15) is 10.4 Å². The number of aliphatic hydroxyl groups is 2. The number of rotatable bonds is 24. The fraction of sp³-hybridized carbons (Fsp3) is 0.774. The van der Waals surface area contributed by atoms with Crippen molar-refractivity contribution in [1.29, 1.82) is 5.26 Å². The second-order valence-corrected chi connectivity index (χ2v) is 13.8. The second kappa shape index (κ2) is 19.5. The largest absolute Gasteiger partial charge is 0.387 e. The molecule has 1 saturated heterocycles. The zero-order chi connectivity index (χ0) is 32.5. The van der Waals surface area contributed by atoms with E-state index in [1.54, 1.807) is 6.07 Å². The van der Waals surface area contributed by atoms with Crippen LogP contribution in [0.25, 0.3) is 5.52 Å². The number of aromatic nitrogens is 3. The predicted molar refractivity (Wildman–Crippen MR) is 169 cm³/mol. The lowest BCUT2D eigenvalue weighted by atomic mass is 9.92. The van der Waals surface area contributed by atoms with Crippen LogP contribution >= 0.6 is 7.60 Å². The van der Waals surface area contributed by atoms with Gasteiger partial charge in [-0.1, -0.05) is 77.6 Å². The van der Waals surface area contributed by atoms with Crippen molar-refractivity contribution in [3.8, 4) is 6.07 Å². The van der Waals surface area contributed by atoms with Crippen molar-refractivity contribution in [2.45, 2.75) is 121 Å². The van der Waals surface area contributed by atoms with Crippen LogP contribution in [0.5, 0.6) is 0 Å². The first-order valence-corrected chi connectivity index (χ1v) is 18.2. The van der Waals surface area contributed by atoms with Gasteiger partial charge in [0.25, 0.3) is 0 Å². The standard InChI is InChI=1S/C31H52N5O8P/c1-2-3-4-5-6-7-10-13-18-41-24-42-19-14-11-8-9-12-15-20-45(39,40)43-21-26-28(37)29(38)31(22-32,44-26)27-17-16-25-30(33)34-23-35-36(25)27/h16-17,23,26,28-29,37-38H,2-15,18-21,24H2,1H3,(H,39,40)(H2,33,34,35)/t26-,28+,29?,31+/m1/s1. The van der Waals surface area contributed by atoms with Gasteiger partial charge in [0.05, 0.1) is 12.3 Å². The van der Waals surface area contributed by atoms with Crippen molar-refractivity contribution in [1.82, 2.24) is 14.6 Å². The maximum atomic E-state index is 12.6. The van der Waals surface area contributed by atoms with Gasteiger partial charge in [0.1, 0.15) is 43.0 Å². The molecule has 0 saturated carbocycles. The number of nitrogens with zero attached hydrogens (tertiary/aromatic N) is 4. The third-order valence-electron chi connectivity index (χ3n) is 8.22. The number of hydrogen-bond acceptors (Lipinski definition) is 11. The normalized spacial score (nSPS) is 23.0. The van der Waals surface area contributed by atoms with Gasteiger partial charge in [-0.25, -0.2) is 9.50 Å². The van der Waals surface area contributed by atoms with E-state index in [1.165, 1.54) is 61.9 Å². The van der Waals surface area contributed by atoms with Crippen molar-refractivity contribution in [2.24, 2.45) is 0 Å². The van der Waals surface area contributed by atoms with Gasteiger partial charge >= 0.3 is 7.60 Å². The molecule has 1 fully saturated rings. The van der Waals surface area contributed by atoms with Crippen LogP contribution in [-0.4, -0.2) is 80.8 Å². The highest BCUT2D eigenvalue weighted by Crippen LogP contribution is 2.46. The van der Waals surface area contributed by atoms with E-state index in [9.17, 15) is 24.9 Å². The van der Waals surface area contributed by atoms with Crippen LogP contribution in [-0.2, 0) is 28.9 Å². The van der Waals surface area contributed by atoms with Crippen molar-refractivity contribution in [3.05, 3.63) is 24.2 Å². The van der Waals surface area contributed by atoms with Gasteiger partial charge in [0, 0.05) is 19.4 Å². The van der Waals surface area contributed by atoms with Crippen LogP contribution in [0, 0.1) is 11.3 Å². The summed E-state index contributed by atoms with van der Waals surface area (Å²) < 4.78 is 36.1. The summed E-state index contributed by atoms with van der Waals surface area (Å²) in [5.41, 5.74) is 4.41. The lowest BCUT2D eigenvalue weighted by Gasteiger charge is -2.24. The molecule has 5 atom stereocenters. The molecule has 0 bridgehead atoms. The molecule has 45 heavy (non-hydrogen) atoms. The number of ether oxygens (including phenoxy) is 3. The summed E-state index contributed by atoms with van der Waals surface area (Å²) in [7, 11) is -3.97. The third kappa shape index (κ3) is 11.3. The highest BCUT2D eigenvalue weighted by Gasteiger charge is 2.57. The molecule has 14 heteroatoms. The molecule has 3 heterocycles. The number of anilines is 1. The van der Waals surface area contributed by atoms with E-state index in [-0.39, 0.29) is 17.7 Å². The number of aliphatic hydroxyl groups excluding tert-OH is 2. The van der Waals surface area contributed by atoms with E-state index >= 15 is 0 Å². The topological polar surface area (TPSA) is 195 Å². The quantitative estimate of drug-likeness (QED) is 0.0686. The predicted octanol–water partition coefficient (Wildman–Crippen LogP) is 4.82. The van der Waals surface area contributed by atoms with Crippen LogP contribution < -0.4 is 5.73 Å². The van der Waals surface area contributed by atoms with Crippen molar-refractivity contribution in [3.63, 3.8) is 0 Å². The first-order chi connectivity index (χ1) is 21.8. The minimum Gasteiger partial charge on any atom is -0.387 e. The number of nitriles is 1. The summed E-state index contributed by atoms with van der Waals surface area (Å²) in [6.45, 7) is 3.52. The average molecular weight is 654 g/mol. The number of nitrogen functional groups attached to an aromatic ring is 1. The Morgan fingerprint density at radius 3 is 2.22 bits per heavy atom. The number of fused-ring (bicyclic) bond motifs is 1. The Labute approximate surface area is 266 Å². The van der Waals surface area contributed by atoms with E-state index in [1.807, 2.05) is 6.07 Å². The molecule has 2 aromatic heterocycles. The van der Waals surface area contributed by atoms with Gasteiger partial charge in [-0.15, -0.1) is 0 Å². The third-order valence-corrected chi connectivity index (χ3v) is 9.65. The summed E-state index contributed by atoms with van der Waals surface area (Å²) >= 11 is 0. The van der Waals surface area contributed by atoms with Gasteiger partial charge in [0.2, 0.25) is 5.60 Å². The summed E-state index contributed by atoms with van der Waals surface area (Å²) in [5, 5.41) is 35.5. The molecule has 5 N–H and O–H groups in total. The number of hydrogen-bond donors (Lipinski definition) is 4. The molecule has 0 aromatic carbocycles. The average Bonchev–Trinajstić information content (AvgIpc) is 3.57. The van der Waals surface area contributed by atoms with Crippen LogP contribution in [0.15, 0.2) is 18.5 Å². The second-order valence-electron chi connectivity index (χ2n) is 11.8. The summed E-state index contributed by atoms with van der Waals surface area (Å²) in [6.07, 6.45) is 12.1. The van der Waals surface area contributed by atoms with E-state index in [0.717, 1.165) is 45.1 Å². The Hall–Kier alpha value is -2.14. The van der Waals surface area contributed by atoms with Crippen LogP contribution in [0.1, 0.15) is 103 Å². The van der Waals surface area contributed by atoms with Crippen molar-refractivity contribution >= 4 is 18.9 Å². The van der Waals surface area contributed by atoms with Crippen molar-refractivity contribution in [2.75, 3.05) is 38.5 Å². The van der Waals surface area contributed by atoms with Crippen LogP contribution in [0.4, 0.5) is 5.82 Å². The van der Waals surface area contributed by atoms with E-state index in [4.69, 9.17) is 24.5 Å². The van der Waals surface area contributed by atoms with E-state index in [2.05, 4.69) is 17.0 Å². The molecule has 0 amide bonds. The minimum absolute atomic E-state index is 0.0411. The molecule has 0 radical (unpaired) electrons. The highest BCUT2D eigenvalue weighted by atomic mass is 31.2. The maximum Gasteiger partial charge on any atom is 0.328 e. The monoisotopic (exact) mass is 653 g/mol. The zero-order valence-electron chi connectivity index (χ0n) is 26.6. The van der Waals surface area contributed by atoms with Gasteiger partial charge in [-0.3, -0.25) is 4.57 Å². The fourth-order valence-electron chi connectivity index (χ4n) is 5.54. The molecule has 1 aliphatic rings. The molecule has 2 unspecified atom stereocenters. The lowest BCUT2D eigenvalue weighted by molar-refractivity contribution is -0.0619. The van der Waals surface area contributed by atoms with Gasteiger partial charge in [0.15, 0.2) is 5.82 Å². The molecule has 13 nitrogen and oxygen atoms in total. The Kier molecular flexibility index (Phi) is 16.2. The number of unbranched alkanes of at least 4 members (excludes halogenated alkanes) is 12. The SMILES string of the molecule is CCCCCCCCCCOCOCCCCCCCCP(=O)(O)OC[C@H]1O[C@@](C#N)(c2ccc3c(N)ncnn23)C(O)[C@H]1O. The molecule has 0 aliphatic carbocycles. The summed E-state index contributed by atoms with van der Waals surface area (Å²) in [6, 6.07) is 5.00. The molecule has 1 aliphatic heterocycles. The smallest absolute Gasteiger partial charge is 0.328 e. The lowest BCUT2D eigenvalue weighted by Crippen LogP contribution is -2.41. The zero-order valence-corrected chi connectivity index (χ0v) is 27.5. The highest BCUT2D eigenvalue weighted by molar-refractivity contribution is 7.52. The van der Waals surface area contributed by atoms with Crippen LogP contribution in [0.3, 0.4) is 0 Å². The summed E-state index contributed by atoms with van der Waals surface area (Å²) in [5.74, 6) is 0.164. The Bertz CT molecular complexity index is 1230. The fourth-order valence-corrected chi connectivity index (χ4v) is 6.67. The van der Waals surface area contributed by atoms with Gasteiger partial charge in [-0.05, 0) is 31.4 Å².